The highest BCUT2D eigenvalue weighted by molar-refractivity contribution is 7.80. The fraction of sp³-hybridized carbons (Fsp3) is 0.267. The first-order chi connectivity index (χ1) is 10.9. The van der Waals surface area contributed by atoms with Gasteiger partial charge in [0, 0.05) is 16.5 Å². The number of thiophene rings is 1. The summed E-state index contributed by atoms with van der Waals surface area (Å²) >= 11 is 12.5. The lowest BCUT2D eigenvalue weighted by molar-refractivity contribution is -0.120. The number of fused-ring (bicyclic) bond motifs is 1. The van der Waals surface area contributed by atoms with Crippen molar-refractivity contribution in [1.29, 1.82) is 0 Å². The van der Waals surface area contributed by atoms with E-state index in [9.17, 15) is 9.59 Å². The summed E-state index contributed by atoms with van der Waals surface area (Å²) in [7, 11) is 0. The third-order valence-electron chi connectivity index (χ3n) is 2.88. The Morgan fingerprint density at radius 1 is 1.26 bits per heavy atom. The van der Waals surface area contributed by atoms with Crippen molar-refractivity contribution in [2.24, 2.45) is 5.92 Å². The summed E-state index contributed by atoms with van der Waals surface area (Å²) in [6.07, 6.45) is 0.359. The van der Waals surface area contributed by atoms with Crippen molar-refractivity contribution < 1.29 is 9.59 Å². The third kappa shape index (κ3) is 4.63. The zero-order valence-corrected chi connectivity index (χ0v) is 15.0. The van der Waals surface area contributed by atoms with Gasteiger partial charge in [0.25, 0.3) is 5.91 Å². The molecule has 5 nitrogen and oxygen atoms in total. The molecule has 0 aliphatic rings. The van der Waals surface area contributed by atoms with Crippen molar-refractivity contribution in [2.75, 3.05) is 0 Å². The van der Waals surface area contributed by atoms with Crippen LogP contribution in [0.1, 0.15) is 29.9 Å². The van der Waals surface area contributed by atoms with E-state index in [2.05, 4.69) is 16.2 Å². The molecule has 0 spiro atoms. The van der Waals surface area contributed by atoms with Crippen molar-refractivity contribution in [3.05, 3.63) is 34.2 Å². The number of halogens is 1. The number of carbonyl (C=O) groups excluding carboxylic acids is 2. The number of hydrogen-bond acceptors (Lipinski definition) is 4. The van der Waals surface area contributed by atoms with Gasteiger partial charge in [-0.15, -0.1) is 11.3 Å². The van der Waals surface area contributed by atoms with Crippen LogP contribution in [0.2, 0.25) is 5.02 Å². The largest absolute Gasteiger partial charge is 0.302 e. The second-order valence-electron chi connectivity index (χ2n) is 5.30. The SMILES string of the molecule is CC(C)CC(=O)NC(=S)NNC(=O)c1sc2ccccc2c1Cl. The molecule has 1 aromatic heterocycles. The molecule has 1 aromatic carbocycles. The number of rotatable bonds is 3. The van der Waals surface area contributed by atoms with Crippen molar-refractivity contribution >= 4 is 62.2 Å². The van der Waals surface area contributed by atoms with Gasteiger partial charge in [-0.2, -0.15) is 0 Å². The fourth-order valence-electron chi connectivity index (χ4n) is 1.91. The van der Waals surface area contributed by atoms with E-state index >= 15 is 0 Å². The monoisotopic (exact) mass is 369 g/mol. The van der Waals surface area contributed by atoms with Crippen LogP contribution < -0.4 is 16.2 Å². The lowest BCUT2D eigenvalue weighted by Crippen LogP contribution is -2.48. The van der Waals surface area contributed by atoms with Crippen LogP contribution in [0.25, 0.3) is 10.1 Å². The van der Waals surface area contributed by atoms with Gasteiger partial charge in [0.2, 0.25) is 5.91 Å². The van der Waals surface area contributed by atoms with Gasteiger partial charge in [-0.1, -0.05) is 43.6 Å². The molecule has 3 N–H and O–H groups in total. The molecule has 0 aliphatic heterocycles. The van der Waals surface area contributed by atoms with Crippen LogP contribution in [0.3, 0.4) is 0 Å². The first kappa shape index (κ1) is 17.7. The second-order valence-corrected chi connectivity index (χ2v) is 7.13. The van der Waals surface area contributed by atoms with Crippen molar-refractivity contribution in [1.82, 2.24) is 16.2 Å². The summed E-state index contributed by atoms with van der Waals surface area (Å²) in [6, 6.07) is 7.50. The minimum atomic E-state index is -0.406. The fourth-order valence-corrected chi connectivity index (χ4v) is 3.49. The quantitative estimate of drug-likeness (QED) is 0.573. The van der Waals surface area contributed by atoms with Gasteiger partial charge in [0.1, 0.15) is 4.88 Å². The first-order valence-electron chi connectivity index (χ1n) is 6.95. The molecule has 2 rings (SSSR count). The maximum Gasteiger partial charge on any atom is 0.281 e. The Morgan fingerprint density at radius 2 is 1.96 bits per heavy atom. The molecular formula is C15H16ClN3O2S2. The zero-order valence-electron chi connectivity index (χ0n) is 12.6. The molecule has 2 aromatic rings. The van der Waals surface area contributed by atoms with Crippen LogP contribution in [-0.2, 0) is 4.79 Å². The van der Waals surface area contributed by atoms with E-state index < -0.39 is 5.91 Å². The molecule has 0 saturated carbocycles. The standard InChI is InChI=1S/C15H16ClN3O2S2/c1-8(2)7-11(20)17-15(22)19-18-14(21)13-12(16)9-5-3-4-6-10(9)23-13/h3-6,8H,7H2,1-2H3,(H,18,21)(H2,17,19,20,22). The highest BCUT2D eigenvalue weighted by Crippen LogP contribution is 2.34. The van der Waals surface area contributed by atoms with Crippen molar-refractivity contribution in [3.63, 3.8) is 0 Å². The summed E-state index contributed by atoms with van der Waals surface area (Å²) in [5.41, 5.74) is 4.94. The molecular weight excluding hydrogens is 354 g/mol. The summed E-state index contributed by atoms with van der Waals surface area (Å²) in [5.74, 6) is -0.381. The van der Waals surface area contributed by atoms with Crippen LogP contribution >= 0.6 is 35.2 Å². The molecule has 0 aliphatic carbocycles. The second kappa shape index (κ2) is 7.72. The van der Waals surface area contributed by atoms with Crippen molar-refractivity contribution in [3.8, 4) is 0 Å². The van der Waals surface area contributed by atoms with Crippen LogP contribution in [-0.4, -0.2) is 16.9 Å². The molecule has 0 fully saturated rings. The topological polar surface area (TPSA) is 70.2 Å². The molecule has 0 unspecified atom stereocenters. The van der Waals surface area contributed by atoms with Gasteiger partial charge < -0.3 is 5.32 Å². The van der Waals surface area contributed by atoms with E-state index in [-0.39, 0.29) is 16.9 Å². The Kier molecular flexibility index (Phi) is 5.92. The van der Waals surface area contributed by atoms with E-state index in [0.29, 0.717) is 16.3 Å². The molecule has 1 heterocycles. The lowest BCUT2D eigenvalue weighted by Gasteiger charge is -2.11. The number of nitrogens with one attached hydrogen (secondary N) is 3. The molecule has 2 amide bonds. The zero-order chi connectivity index (χ0) is 17.0. The average Bonchev–Trinajstić information content (AvgIpc) is 2.81. The summed E-state index contributed by atoms with van der Waals surface area (Å²) in [4.78, 5) is 24.1. The maximum absolute atomic E-state index is 12.2. The van der Waals surface area contributed by atoms with E-state index in [1.807, 2.05) is 38.1 Å². The minimum Gasteiger partial charge on any atom is -0.302 e. The van der Waals surface area contributed by atoms with Gasteiger partial charge in [-0.25, -0.2) is 0 Å². The van der Waals surface area contributed by atoms with Gasteiger partial charge in [0.15, 0.2) is 5.11 Å². The lowest BCUT2D eigenvalue weighted by atomic mass is 10.1. The molecule has 0 radical (unpaired) electrons. The van der Waals surface area contributed by atoms with Crippen LogP contribution in [0.5, 0.6) is 0 Å². The first-order valence-corrected chi connectivity index (χ1v) is 8.56. The Morgan fingerprint density at radius 3 is 2.61 bits per heavy atom. The molecule has 8 heteroatoms. The molecule has 23 heavy (non-hydrogen) atoms. The van der Waals surface area contributed by atoms with E-state index in [0.717, 1.165) is 10.1 Å². The summed E-state index contributed by atoms with van der Waals surface area (Å²) in [6.45, 7) is 3.86. The van der Waals surface area contributed by atoms with E-state index in [4.69, 9.17) is 23.8 Å². The number of carbonyl (C=O) groups is 2. The highest BCUT2D eigenvalue weighted by Gasteiger charge is 2.17. The molecule has 0 bridgehead atoms. The number of hydrazine groups is 1. The van der Waals surface area contributed by atoms with E-state index in [1.165, 1.54) is 11.3 Å². The minimum absolute atomic E-state index is 0.0428. The normalized spacial score (nSPS) is 10.6. The summed E-state index contributed by atoms with van der Waals surface area (Å²) < 4.78 is 0.926. The maximum atomic E-state index is 12.2. The Balaban J connectivity index is 1.95. The Labute approximate surface area is 148 Å². The number of benzene rings is 1. The van der Waals surface area contributed by atoms with Gasteiger partial charge in [-0.3, -0.25) is 20.4 Å². The van der Waals surface area contributed by atoms with Gasteiger partial charge >= 0.3 is 0 Å². The molecule has 0 atom stereocenters. The highest BCUT2D eigenvalue weighted by atomic mass is 35.5. The Hall–Kier alpha value is -1.70. The van der Waals surface area contributed by atoms with Crippen LogP contribution in [0.15, 0.2) is 24.3 Å². The molecule has 0 saturated heterocycles. The van der Waals surface area contributed by atoms with E-state index in [1.54, 1.807) is 0 Å². The smallest absolute Gasteiger partial charge is 0.281 e. The predicted octanol–water partition coefficient (Wildman–Crippen LogP) is 3.24. The number of hydrogen-bond donors (Lipinski definition) is 3. The average molecular weight is 370 g/mol. The third-order valence-corrected chi connectivity index (χ3v) is 4.76. The van der Waals surface area contributed by atoms with Crippen molar-refractivity contribution in [2.45, 2.75) is 20.3 Å². The molecule has 122 valence electrons. The number of thiocarbonyl (C=S) groups is 1. The predicted molar refractivity (Wildman–Crippen MR) is 97.6 cm³/mol. The van der Waals surface area contributed by atoms with Gasteiger partial charge in [-0.05, 0) is 24.2 Å². The summed E-state index contributed by atoms with van der Waals surface area (Å²) in [5, 5.41) is 3.77. The van der Waals surface area contributed by atoms with Gasteiger partial charge in [0.05, 0.1) is 5.02 Å². The van der Waals surface area contributed by atoms with Crippen LogP contribution in [0.4, 0.5) is 0 Å². The Bertz CT molecular complexity index is 758. The number of amides is 2. The van der Waals surface area contributed by atoms with Crippen LogP contribution in [0, 0.1) is 5.92 Å².